The van der Waals surface area contributed by atoms with Crippen LogP contribution < -0.4 is 11.1 Å². The van der Waals surface area contributed by atoms with E-state index in [1.807, 2.05) is 6.07 Å². The van der Waals surface area contributed by atoms with Gasteiger partial charge in [0, 0.05) is 25.2 Å². The fourth-order valence-corrected chi connectivity index (χ4v) is 0.951. The summed E-state index contributed by atoms with van der Waals surface area (Å²) >= 11 is 0. The second-order valence-electron chi connectivity index (χ2n) is 3.17. The molecule has 0 aliphatic rings. The minimum absolute atomic E-state index is 0.361. The van der Waals surface area contributed by atoms with Gasteiger partial charge < -0.3 is 11.1 Å². The van der Waals surface area contributed by atoms with E-state index >= 15 is 0 Å². The van der Waals surface area contributed by atoms with Crippen LogP contribution in [0.15, 0.2) is 12.3 Å². The Balaban J connectivity index is 2.68. The second kappa shape index (κ2) is 4.77. The van der Waals surface area contributed by atoms with Gasteiger partial charge in [0.15, 0.2) is 0 Å². The first-order valence-electron chi connectivity index (χ1n) is 4.51. The maximum Gasteiger partial charge on any atom is 0.133 e. The lowest BCUT2D eigenvalue weighted by Gasteiger charge is -2.06. The zero-order valence-corrected chi connectivity index (χ0v) is 8.12. The molecular weight excluding hydrogens is 164 g/mol. The standard InChI is InChI=1S/C9H16N4/c1-7(2)9-12-5-3-8(13-9)11-6-4-10/h3,5,7H,4,6,10H2,1-2H3,(H,11,12,13). The molecule has 0 saturated heterocycles. The van der Waals surface area contributed by atoms with Crippen molar-refractivity contribution in [1.82, 2.24) is 9.97 Å². The fourth-order valence-electron chi connectivity index (χ4n) is 0.951. The molecule has 1 heterocycles. The van der Waals surface area contributed by atoms with E-state index in [4.69, 9.17) is 5.73 Å². The van der Waals surface area contributed by atoms with Crippen molar-refractivity contribution in [2.24, 2.45) is 5.73 Å². The van der Waals surface area contributed by atoms with Gasteiger partial charge in [-0.3, -0.25) is 0 Å². The van der Waals surface area contributed by atoms with Crippen LogP contribution in [0.4, 0.5) is 5.82 Å². The highest BCUT2D eigenvalue weighted by molar-refractivity contribution is 5.33. The van der Waals surface area contributed by atoms with Crippen molar-refractivity contribution in [3.63, 3.8) is 0 Å². The van der Waals surface area contributed by atoms with Crippen LogP contribution in [0.5, 0.6) is 0 Å². The molecule has 72 valence electrons. The van der Waals surface area contributed by atoms with E-state index in [-0.39, 0.29) is 0 Å². The number of nitrogens with zero attached hydrogens (tertiary/aromatic N) is 2. The van der Waals surface area contributed by atoms with Gasteiger partial charge in [-0.25, -0.2) is 9.97 Å². The van der Waals surface area contributed by atoms with Gasteiger partial charge in [0.1, 0.15) is 11.6 Å². The van der Waals surface area contributed by atoms with Crippen LogP contribution in [0.2, 0.25) is 0 Å². The zero-order chi connectivity index (χ0) is 9.68. The molecule has 0 radical (unpaired) electrons. The topological polar surface area (TPSA) is 63.8 Å². The number of aromatic nitrogens is 2. The van der Waals surface area contributed by atoms with Crippen LogP contribution in [0.3, 0.4) is 0 Å². The van der Waals surface area contributed by atoms with Crippen molar-refractivity contribution in [2.45, 2.75) is 19.8 Å². The predicted molar refractivity (Wildman–Crippen MR) is 53.7 cm³/mol. The summed E-state index contributed by atoms with van der Waals surface area (Å²) in [5, 5.41) is 3.11. The highest BCUT2D eigenvalue weighted by Crippen LogP contribution is 2.10. The lowest BCUT2D eigenvalue weighted by atomic mass is 10.2. The van der Waals surface area contributed by atoms with E-state index in [0.717, 1.165) is 18.2 Å². The highest BCUT2D eigenvalue weighted by atomic mass is 15.0. The third-order valence-corrected chi connectivity index (χ3v) is 1.64. The van der Waals surface area contributed by atoms with Crippen LogP contribution in [0.1, 0.15) is 25.6 Å². The van der Waals surface area contributed by atoms with Crippen LogP contribution in [-0.4, -0.2) is 23.1 Å². The number of nitrogens with two attached hydrogens (primary N) is 1. The fraction of sp³-hybridized carbons (Fsp3) is 0.556. The lowest BCUT2D eigenvalue weighted by molar-refractivity contribution is 0.774. The normalized spacial score (nSPS) is 10.5. The van der Waals surface area contributed by atoms with Crippen LogP contribution >= 0.6 is 0 Å². The Kier molecular flexibility index (Phi) is 3.64. The number of nitrogens with one attached hydrogen (secondary N) is 1. The van der Waals surface area contributed by atoms with Crippen LogP contribution in [0.25, 0.3) is 0 Å². The number of hydrogen-bond acceptors (Lipinski definition) is 4. The Labute approximate surface area is 78.6 Å². The summed E-state index contributed by atoms with van der Waals surface area (Å²) in [5.74, 6) is 2.07. The van der Waals surface area contributed by atoms with Gasteiger partial charge in [0.05, 0.1) is 0 Å². The Bertz CT molecular complexity index is 260. The van der Waals surface area contributed by atoms with Gasteiger partial charge in [-0.1, -0.05) is 13.8 Å². The van der Waals surface area contributed by atoms with Gasteiger partial charge in [0.25, 0.3) is 0 Å². The van der Waals surface area contributed by atoms with Crippen molar-refractivity contribution >= 4 is 5.82 Å². The van der Waals surface area contributed by atoms with Crippen LogP contribution in [0, 0.1) is 0 Å². The third kappa shape index (κ3) is 2.99. The van der Waals surface area contributed by atoms with Gasteiger partial charge in [-0.05, 0) is 6.07 Å². The molecule has 0 amide bonds. The molecule has 0 saturated carbocycles. The summed E-state index contributed by atoms with van der Waals surface area (Å²) in [6.45, 7) is 5.50. The van der Waals surface area contributed by atoms with Crippen molar-refractivity contribution in [1.29, 1.82) is 0 Å². The van der Waals surface area contributed by atoms with Gasteiger partial charge in [-0.15, -0.1) is 0 Å². The number of anilines is 1. The summed E-state index contributed by atoms with van der Waals surface area (Å²) in [5.41, 5.74) is 5.37. The molecule has 13 heavy (non-hydrogen) atoms. The Morgan fingerprint density at radius 3 is 2.92 bits per heavy atom. The maximum atomic E-state index is 5.37. The minimum atomic E-state index is 0.361. The first kappa shape index (κ1) is 9.92. The Hall–Kier alpha value is -1.16. The Morgan fingerprint density at radius 2 is 2.31 bits per heavy atom. The van der Waals surface area contributed by atoms with Crippen molar-refractivity contribution < 1.29 is 0 Å². The molecule has 0 unspecified atom stereocenters. The molecule has 0 atom stereocenters. The highest BCUT2D eigenvalue weighted by Gasteiger charge is 2.02. The molecule has 4 nitrogen and oxygen atoms in total. The molecular formula is C9H16N4. The average Bonchev–Trinajstić information content (AvgIpc) is 2.15. The van der Waals surface area contributed by atoms with Crippen molar-refractivity contribution in [3.8, 4) is 0 Å². The summed E-state index contributed by atoms with van der Waals surface area (Å²) in [4.78, 5) is 8.50. The quantitative estimate of drug-likeness (QED) is 0.724. The predicted octanol–water partition coefficient (Wildman–Crippen LogP) is 0.971. The summed E-state index contributed by atoms with van der Waals surface area (Å²) in [6.07, 6.45) is 1.77. The SMILES string of the molecule is CC(C)c1nccc(NCCN)n1. The summed E-state index contributed by atoms with van der Waals surface area (Å²) in [7, 11) is 0. The minimum Gasteiger partial charge on any atom is -0.369 e. The molecule has 3 N–H and O–H groups in total. The van der Waals surface area contributed by atoms with Gasteiger partial charge in [-0.2, -0.15) is 0 Å². The average molecular weight is 180 g/mol. The molecule has 0 bridgehead atoms. The molecule has 0 aliphatic carbocycles. The first-order valence-corrected chi connectivity index (χ1v) is 4.51. The largest absolute Gasteiger partial charge is 0.369 e. The molecule has 1 rings (SSSR count). The smallest absolute Gasteiger partial charge is 0.133 e. The van der Waals surface area contributed by atoms with E-state index in [0.29, 0.717) is 12.5 Å². The zero-order valence-electron chi connectivity index (χ0n) is 8.12. The second-order valence-corrected chi connectivity index (χ2v) is 3.17. The monoisotopic (exact) mass is 180 g/mol. The molecule has 4 heteroatoms. The van der Waals surface area contributed by atoms with Crippen molar-refractivity contribution in [2.75, 3.05) is 18.4 Å². The van der Waals surface area contributed by atoms with E-state index in [2.05, 4.69) is 29.1 Å². The maximum absolute atomic E-state index is 5.37. The van der Waals surface area contributed by atoms with E-state index < -0.39 is 0 Å². The molecule has 1 aromatic heterocycles. The molecule has 1 aromatic rings. The number of rotatable bonds is 4. The summed E-state index contributed by atoms with van der Waals surface area (Å²) < 4.78 is 0. The first-order chi connectivity index (χ1) is 6.24. The van der Waals surface area contributed by atoms with Gasteiger partial charge >= 0.3 is 0 Å². The molecule has 0 aliphatic heterocycles. The molecule has 0 fully saturated rings. The summed E-state index contributed by atoms with van der Waals surface area (Å²) in [6, 6.07) is 1.85. The van der Waals surface area contributed by atoms with E-state index in [1.54, 1.807) is 6.20 Å². The van der Waals surface area contributed by atoms with Gasteiger partial charge in [0.2, 0.25) is 0 Å². The van der Waals surface area contributed by atoms with Crippen LogP contribution in [-0.2, 0) is 0 Å². The van der Waals surface area contributed by atoms with E-state index in [9.17, 15) is 0 Å². The Morgan fingerprint density at radius 1 is 1.54 bits per heavy atom. The molecule has 0 aromatic carbocycles. The molecule has 0 spiro atoms. The van der Waals surface area contributed by atoms with E-state index in [1.165, 1.54) is 0 Å². The van der Waals surface area contributed by atoms with Crippen molar-refractivity contribution in [3.05, 3.63) is 18.1 Å². The third-order valence-electron chi connectivity index (χ3n) is 1.64. The lowest BCUT2D eigenvalue weighted by Crippen LogP contribution is -2.14. The number of hydrogen-bond donors (Lipinski definition) is 2.